The first kappa shape index (κ1) is 12.2. The Labute approximate surface area is 110 Å². The number of anilines is 1. The van der Waals surface area contributed by atoms with Gasteiger partial charge in [-0.25, -0.2) is 0 Å². The molecule has 0 unspecified atom stereocenters. The molecular formula is C15H8N4. The predicted octanol–water partition coefficient (Wildman–Crippen LogP) is 3.08. The lowest BCUT2D eigenvalue weighted by Crippen LogP contribution is -2.01. The molecule has 0 bridgehead atoms. The van der Waals surface area contributed by atoms with Gasteiger partial charge >= 0.3 is 0 Å². The molecule has 0 aliphatic carbocycles. The van der Waals surface area contributed by atoms with E-state index in [0.29, 0.717) is 5.69 Å². The normalized spacial score (nSPS) is 8.89. The van der Waals surface area contributed by atoms with Gasteiger partial charge in [0.05, 0.1) is 0 Å². The molecule has 2 aromatic rings. The summed E-state index contributed by atoms with van der Waals surface area (Å²) in [6, 6.07) is 18.5. The van der Waals surface area contributed by atoms with Crippen LogP contribution in [0.15, 0.2) is 53.7 Å². The van der Waals surface area contributed by atoms with Gasteiger partial charge in [0, 0.05) is 11.1 Å². The highest BCUT2D eigenvalue weighted by atomic mass is 14.9. The van der Waals surface area contributed by atoms with E-state index in [1.807, 2.05) is 42.5 Å². The molecule has 0 saturated carbocycles. The fourth-order valence-electron chi connectivity index (χ4n) is 1.75. The van der Waals surface area contributed by atoms with Gasteiger partial charge in [-0.3, -0.25) is 0 Å². The molecule has 88 valence electrons. The van der Waals surface area contributed by atoms with E-state index in [4.69, 9.17) is 15.8 Å². The van der Waals surface area contributed by atoms with Crippen molar-refractivity contribution in [1.29, 1.82) is 15.8 Å². The van der Waals surface area contributed by atoms with Crippen LogP contribution in [0.1, 0.15) is 0 Å². The summed E-state index contributed by atoms with van der Waals surface area (Å²) in [6.07, 6.45) is 0. The van der Waals surface area contributed by atoms with Crippen LogP contribution in [-0.2, 0) is 0 Å². The van der Waals surface area contributed by atoms with Crippen molar-refractivity contribution in [3.05, 3.63) is 53.7 Å². The summed E-state index contributed by atoms with van der Waals surface area (Å²) in [5.41, 5.74) is 0.425. The third kappa shape index (κ3) is 2.36. The number of fused-ring (bicyclic) bond motifs is 1. The van der Waals surface area contributed by atoms with Crippen molar-refractivity contribution in [2.45, 2.75) is 0 Å². The molecule has 0 fully saturated rings. The summed E-state index contributed by atoms with van der Waals surface area (Å²) in [4.78, 5) is 0. The van der Waals surface area contributed by atoms with Gasteiger partial charge in [0.2, 0.25) is 0 Å². The highest BCUT2D eigenvalue weighted by Crippen LogP contribution is 2.24. The van der Waals surface area contributed by atoms with Crippen LogP contribution >= 0.6 is 0 Å². The van der Waals surface area contributed by atoms with Crippen molar-refractivity contribution in [2.75, 3.05) is 5.32 Å². The van der Waals surface area contributed by atoms with Crippen LogP contribution in [0, 0.1) is 34.0 Å². The average molecular weight is 244 g/mol. The minimum Gasteiger partial charge on any atom is -0.345 e. The topological polar surface area (TPSA) is 83.4 Å². The zero-order valence-corrected chi connectivity index (χ0v) is 9.88. The van der Waals surface area contributed by atoms with Crippen LogP contribution in [0.5, 0.6) is 0 Å². The summed E-state index contributed by atoms with van der Waals surface area (Å²) in [6.45, 7) is 0. The highest BCUT2D eigenvalue weighted by molar-refractivity contribution is 5.94. The standard InChI is InChI=1S/C15H8N4/c16-8-12(9-17)15(10-18)19-14-7-3-5-11-4-1-2-6-13(11)14/h1-7,19H. The highest BCUT2D eigenvalue weighted by Gasteiger charge is 2.07. The fraction of sp³-hybridized carbons (Fsp3) is 0. The van der Waals surface area contributed by atoms with Crippen LogP contribution < -0.4 is 5.32 Å². The first-order chi connectivity index (χ1) is 9.30. The van der Waals surface area contributed by atoms with Crippen molar-refractivity contribution >= 4 is 16.5 Å². The van der Waals surface area contributed by atoms with E-state index in [-0.39, 0.29) is 11.3 Å². The third-order valence-electron chi connectivity index (χ3n) is 2.63. The van der Waals surface area contributed by atoms with E-state index in [2.05, 4.69) is 5.32 Å². The van der Waals surface area contributed by atoms with E-state index >= 15 is 0 Å². The van der Waals surface area contributed by atoms with Gasteiger partial charge in [-0.2, -0.15) is 15.8 Å². The Morgan fingerprint density at radius 1 is 0.842 bits per heavy atom. The van der Waals surface area contributed by atoms with Gasteiger partial charge in [-0.05, 0) is 11.5 Å². The number of allylic oxidation sites excluding steroid dienone is 2. The number of benzene rings is 2. The maximum atomic E-state index is 9.02. The van der Waals surface area contributed by atoms with Gasteiger partial charge in [0.15, 0.2) is 5.57 Å². The second kappa shape index (κ2) is 5.36. The molecule has 0 aliphatic rings. The van der Waals surface area contributed by atoms with Crippen molar-refractivity contribution < 1.29 is 0 Å². The van der Waals surface area contributed by atoms with Crippen LogP contribution in [-0.4, -0.2) is 0 Å². The number of nitriles is 3. The minimum absolute atomic E-state index is 0.0404. The third-order valence-corrected chi connectivity index (χ3v) is 2.63. The van der Waals surface area contributed by atoms with E-state index < -0.39 is 0 Å². The Morgan fingerprint density at radius 2 is 1.53 bits per heavy atom. The lowest BCUT2D eigenvalue weighted by Gasteiger charge is -2.08. The minimum atomic E-state index is -0.226. The summed E-state index contributed by atoms with van der Waals surface area (Å²) in [7, 11) is 0. The molecule has 0 aromatic heterocycles. The fourth-order valence-corrected chi connectivity index (χ4v) is 1.75. The summed E-state index contributed by atoms with van der Waals surface area (Å²) in [5.74, 6) is 0. The Kier molecular flexibility index (Phi) is 3.44. The largest absolute Gasteiger partial charge is 0.345 e. The Hall–Kier alpha value is -3.29. The van der Waals surface area contributed by atoms with Crippen LogP contribution in [0.2, 0.25) is 0 Å². The Balaban J connectivity index is 2.54. The van der Waals surface area contributed by atoms with Crippen molar-refractivity contribution in [1.82, 2.24) is 0 Å². The molecule has 0 spiro atoms. The molecule has 1 N–H and O–H groups in total. The molecule has 4 heteroatoms. The molecule has 19 heavy (non-hydrogen) atoms. The average Bonchev–Trinajstić information content (AvgIpc) is 2.47. The summed E-state index contributed by atoms with van der Waals surface area (Å²) >= 11 is 0. The summed E-state index contributed by atoms with van der Waals surface area (Å²) in [5, 5.41) is 31.4. The smallest absolute Gasteiger partial charge is 0.163 e. The Morgan fingerprint density at radius 3 is 2.21 bits per heavy atom. The number of nitrogens with zero attached hydrogens (tertiary/aromatic N) is 3. The monoisotopic (exact) mass is 244 g/mol. The van der Waals surface area contributed by atoms with E-state index in [1.54, 1.807) is 18.2 Å². The van der Waals surface area contributed by atoms with E-state index in [9.17, 15) is 0 Å². The zero-order chi connectivity index (χ0) is 13.7. The Bertz CT molecular complexity index is 761. The molecule has 0 amide bonds. The molecule has 2 rings (SSSR count). The molecule has 0 saturated heterocycles. The lowest BCUT2D eigenvalue weighted by atomic mass is 10.1. The number of rotatable bonds is 2. The quantitative estimate of drug-likeness (QED) is 0.823. The molecule has 4 nitrogen and oxygen atoms in total. The zero-order valence-electron chi connectivity index (χ0n) is 9.88. The van der Waals surface area contributed by atoms with Gasteiger partial charge in [-0.15, -0.1) is 0 Å². The lowest BCUT2D eigenvalue weighted by molar-refractivity contribution is 1.38. The number of hydrogen-bond donors (Lipinski definition) is 1. The first-order valence-corrected chi connectivity index (χ1v) is 5.49. The van der Waals surface area contributed by atoms with Crippen molar-refractivity contribution in [2.24, 2.45) is 0 Å². The molecule has 0 atom stereocenters. The molecule has 0 radical (unpaired) electrons. The van der Waals surface area contributed by atoms with Crippen LogP contribution in [0.25, 0.3) is 10.8 Å². The van der Waals surface area contributed by atoms with E-state index in [1.165, 1.54) is 0 Å². The second-order valence-corrected chi connectivity index (χ2v) is 3.74. The van der Waals surface area contributed by atoms with E-state index in [0.717, 1.165) is 10.8 Å². The van der Waals surface area contributed by atoms with Crippen LogP contribution in [0.3, 0.4) is 0 Å². The molecular weight excluding hydrogens is 236 g/mol. The van der Waals surface area contributed by atoms with Gasteiger partial charge in [0.1, 0.15) is 23.9 Å². The van der Waals surface area contributed by atoms with Gasteiger partial charge in [0.25, 0.3) is 0 Å². The maximum Gasteiger partial charge on any atom is 0.163 e. The number of nitrogens with one attached hydrogen (secondary N) is 1. The summed E-state index contributed by atoms with van der Waals surface area (Å²) < 4.78 is 0. The first-order valence-electron chi connectivity index (χ1n) is 5.49. The van der Waals surface area contributed by atoms with Crippen molar-refractivity contribution in [3.63, 3.8) is 0 Å². The molecule has 0 heterocycles. The predicted molar refractivity (Wildman–Crippen MR) is 71.4 cm³/mol. The molecule has 0 aliphatic heterocycles. The van der Waals surface area contributed by atoms with Gasteiger partial charge < -0.3 is 5.32 Å². The van der Waals surface area contributed by atoms with Crippen molar-refractivity contribution in [3.8, 4) is 18.2 Å². The number of hydrogen-bond acceptors (Lipinski definition) is 4. The SMILES string of the molecule is N#CC(C#N)=C(C#N)Nc1cccc2ccccc12. The maximum absolute atomic E-state index is 9.02. The second-order valence-electron chi connectivity index (χ2n) is 3.74. The van der Waals surface area contributed by atoms with Crippen LogP contribution in [0.4, 0.5) is 5.69 Å². The van der Waals surface area contributed by atoms with Gasteiger partial charge in [-0.1, -0.05) is 36.4 Å². The molecule has 2 aromatic carbocycles.